The van der Waals surface area contributed by atoms with Crippen molar-refractivity contribution in [2.45, 2.75) is 77.0 Å². The van der Waals surface area contributed by atoms with Crippen molar-refractivity contribution >= 4 is 122 Å². The molecule has 0 saturated carbocycles. The number of aromatic nitrogens is 4. The molecule has 7 heterocycles. The van der Waals surface area contributed by atoms with Crippen molar-refractivity contribution < 1.29 is 85.9 Å². The van der Waals surface area contributed by atoms with Gasteiger partial charge in [-0.25, -0.2) is 9.13 Å². The number of imide groups is 3. The minimum absolute atomic E-state index is 0. The third-order valence-corrected chi connectivity index (χ3v) is 19.6. The third-order valence-electron chi connectivity index (χ3n) is 19.0. The van der Waals surface area contributed by atoms with Crippen molar-refractivity contribution in [2.75, 3.05) is 76.5 Å². The Bertz CT molecular complexity index is 4950. The van der Waals surface area contributed by atoms with Crippen LogP contribution in [0.25, 0.3) is 0 Å². The molecular formula is C95H104BrI3N16O6. The topological polar surface area (TPSA) is 243 Å². The summed E-state index contributed by atoms with van der Waals surface area (Å²) >= 11 is 5.51. The molecule has 0 saturated heterocycles. The maximum Gasteiger partial charge on any atom is 0.261 e. The monoisotopic (exact) mass is 2020 g/mol. The quantitative estimate of drug-likeness (QED) is 0.00726. The van der Waals surface area contributed by atoms with Gasteiger partial charge in [-0.2, -0.15) is 20.4 Å². The molecule has 0 bridgehead atoms. The van der Waals surface area contributed by atoms with Gasteiger partial charge in [0.05, 0.1) is 81.0 Å². The van der Waals surface area contributed by atoms with Crippen molar-refractivity contribution in [3.8, 4) is 0 Å². The number of carbonyl (C=O) groups is 6. The molecule has 121 heavy (non-hydrogen) atoms. The number of nitrogens with zero attached hydrogens (tertiary/aromatic N) is 14. The van der Waals surface area contributed by atoms with Crippen molar-refractivity contribution in [1.82, 2.24) is 24.7 Å². The number of hydrogen-bond acceptors (Lipinski definition) is 17. The summed E-state index contributed by atoms with van der Waals surface area (Å²) in [5.41, 5.74) is 19.9. The van der Waals surface area contributed by atoms with E-state index < -0.39 is 0 Å². The maximum atomic E-state index is 12.5. The van der Waals surface area contributed by atoms with Gasteiger partial charge < -0.3 is 53.7 Å². The second kappa shape index (κ2) is 55.1. The zero-order valence-corrected chi connectivity index (χ0v) is 76.5. The fourth-order valence-electron chi connectivity index (χ4n) is 12.6. The Morgan fingerprint density at radius 1 is 0.355 bits per heavy atom. The second-order valence-corrected chi connectivity index (χ2v) is 28.4. The van der Waals surface area contributed by atoms with Gasteiger partial charge >= 0.3 is 0 Å². The van der Waals surface area contributed by atoms with Crippen LogP contribution in [-0.2, 0) is 14.1 Å². The van der Waals surface area contributed by atoms with E-state index in [0.29, 0.717) is 53.0 Å². The predicted octanol–water partition coefficient (Wildman–Crippen LogP) is 11.1. The fraction of sp³-hybridized carbons (Fsp3) is 0.242. The van der Waals surface area contributed by atoms with Gasteiger partial charge in [-0.1, -0.05) is 161 Å². The minimum Gasteiger partial charge on any atom is -1.00 e. The number of carbonyl (C=O) groups excluding carboxylic acids is 6. The number of halogens is 4. The maximum absolute atomic E-state index is 12.5. The van der Waals surface area contributed by atoms with Gasteiger partial charge in [0.2, 0.25) is 0 Å². The molecule has 628 valence electrons. The van der Waals surface area contributed by atoms with Gasteiger partial charge in [0.1, 0.15) is 14.1 Å². The smallest absolute Gasteiger partial charge is 0.261 e. The summed E-state index contributed by atoms with van der Waals surface area (Å²) in [5, 5.41) is 25.1. The number of anilines is 4. The second-order valence-electron chi connectivity index (χ2n) is 27.6. The number of amides is 6. The molecule has 11 aromatic rings. The average Bonchev–Trinajstić information content (AvgIpc) is 1.65. The van der Waals surface area contributed by atoms with Crippen LogP contribution in [0.1, 0.15) is 161 Å². The summed E-state index contributed by atoms with van der Waals surface area (Å²) in [7, 11) is 3.99. The number of pyridine rings is 4. The van der Waals surface area contributed by atoms with E-state index >= 15 is 0 Å². The highest BCUT2D eigenvalue weighted by Crippen LogP contribution is 2.27. The van der Waals surface area contributed by atoms with E-state index in [2.05, 4.69) is 98.5 Å². The standard InChI is InChI=1S/C26H27N4O2.C25H24N4O2.C18H25N4.C13H14BrNO2.C12H11N3.CH3I.2HI/c1-28-18-14-21(15-19-28)20-27-30(22-10-4-2-5-11-22)17-9-3-8-16-29-25(31)23-12-6-7-13-24(23)26(29)32;30-24-22-11-5-6-12-23(22)25(31)28(24)17-7-2-8-18-29(21-9-3-1-4-10-21)27-19-20-13-15-26-16-14-20;1-21-14-10-17(11-15-21)16-20-22(13-7-3-6-12-19)18-8-4-2-5-9-18;14-8-4-1-5-9-15-12(16)10-6-2-3-7-11(10)13(15)17;1-2-4-12(5-3-1)15-14-10-11-6-8-13-9-7-11;1-2;;/h2,4-7,10-15,18-20H,3,8-9,16-17H2,1H3;1,3-6,9-16,19H,2,7-8,17-18H2;2,4-5,8-11,14-16H,3,6-7,12-13,19H2,1H3;2-3,6-7H,1,4-5,8-9H2;1-10,15H;1H3;2*1H/q+1;;+1;;;;;/p-2/b;27-19+;;;14-10+;;;. The van der Waals surface area contributed by atoms with Crippen molar-refractivity contribution in [3.05, 3.63) is 348 Å². The lowest BCUT2D eigenvalue weighted by Gasteiger charge is -2.19. The number of para-hydroxylation sites is 4. The van der Waals surface area contributed by atoms with Crippen LogP contribution in [0.15, 0.2) is 313 Å². The molecule has 22 nitrogen and oxygen atoms in total. The van der Waals surface area contributed by atoms with Crippen molar-refractivity contribution in [3.63, 3.8) is 0 Å². The summed E-state index contributed by atoms with van der Waals surface area (Å²) in [6.45, 7) is 4.58. The lowest BCUT2D eigenvalue weighted by atomic mass is 10.1. The fourth-order valence-corrected chi connectivity index (χ4v) is 13.0. The summed E-state index contributed by atoms with van der Waals surface area (Å²) in [6, 6.07) is 77.0. The molecule has 0 radical (unpaired) electrons. The largest absolute Gasteiger partial charge is 1.00 e. The minimum atomic E-state index is -0.187. The van der Waals surface area contributed by atoms with Crippen LogP contribution in [0.3, 0.4) is 0 Å². The Hall–Kier alpha value is -10.9. The highest BCUT2D eigenvalue weighted by Gasteiger charge is 2.37. The van der Waals surface area contributed by atoms with E-state index in [-0.39, 0.29) is 83.4 Å². The molecule has 3 aliphatic rings. The number of fused-ring (bicyclic) bond motifs is 3. The number of nitrogens with two attached hydrogens (primary N) is 1. The van der Waals surface area contributed by atoms with E-state index in [1.54, 1.807) is 104 Å². The SMILES string of the molecule is C(=N\Nc1ccccc1)/c1ccncc1.CI.C[n+]1ccc(/C=N/N(CCCCCN)c2ccccc2)cc1.C[n+]1ccc(/C=N/N(CCCCCN2C(=O)c3ccccc3C2=O)c2ccccc2)cc1.O=C1c2ccccc2C(=O)N1CCCCCBr.O=C1c2ccccc2C(=O)N1CCCCCN(/N=C/c1ccncc1)c1ccccc1.[I-].[I-]. The van der Waals surface area contributed by atoms with E-state index in [9.17, 15) is 28.8 Å². The first-order valence-electron chi connectivity index (χ1n) is 40.0. The lowest BCUT2D eigenvalue weighted by molar-refractivity contribution is -0.671. The highest BCUT2D eigenvalue weighted by molar-refractivity contribution is 14.1. The Morgan fingerprint density at radius 2 is 0.620 bits per heavy atom. The van der Waals surface area contributed by atoms with Crippen LogP contribution < -0.4 is 83.3 Å². The van der Waals surface area contributed by atoms with Gasteiger partial charge in [-0.3, -0.25) is 73.9 Å². The number of nitrogens with one attached hydrogen (secondary N) is 1. The number of alkyl halides is 2. The Labute approximate surface area is 767 Å². The number of hydrazone groups is 4. The molecule has 0 unspecified atom stereocenters. The number of rotatable bonds is 34. The molecular weight excluding hydrogens is 1920 g/mol. The van der Waals surface area contributed by atoms with Crippen LogP contribution in [0.5, 0.6) is 0 Å². The van der Waals surface area contributed by atoms with Crippen LogP contribution in [0.2, 0.25) is 0 Å². The van der Waals surface area contributed by atoms with Gasteiger partial charge in [-0.05, 0) is 196 Å². The molecule has 26 heteroatoms. The van der Waals surface area contributed by atoms with Gasteiger partial charge in [0.15, 0.2) is 24.8 Å². The average molecular weight is 2030 g/mol. The molecule has 14 rings (SSSR count). The third kappa shape index (κ3) is 31.6. The first-order valence-corrected chi connectivity index (χ1v) is 43.3. The van der Waals surface area contributed by atoms with Gasteiger partial charge in [0, 0.05) is 105 Å². The van der Waals surface area contributed by atoms with Crippen LogP contribution >= 0.6 is 38.5 Å². The normalized spacial score (nSPS) is 12.2. The Morgan fingerprint density at radius 3 is 0.917 bits per heavy atom. The molecule has 0 fully saturated rings. The molecule has 3 N–H and O–H groups in total. The number of hydrogen-bond donors (Lipinski definition) is 2. The molecule has 0 aliphatic carbocycles. The summed E-state index contributed by atoms with van der Waals surface area (Å²) in [6.07, 6.45) is 33.8. The molecule has 7 aromatic carbocycles. The summed E-state index contributed by atoms with van der Waals surface area (Å²) in [5.74, 6) is -1.04. The first-order chi connectivity index (χ1) is 58.4. The molecule has 6 amide bonds. The number of aryl methyl sites for hydroxylation is 2. The highest BCUT2D eigenvalue weighted by atomic mass is 127. The van der Waals surface area contributed by atoms with Gasteiger partial charge in [0.25, 0.3) is 35.4 Å². The van der Waals surface area contributed by atoms with E-state index in [4.69, 9.17) is 10.8 Å². The summed E-state index contributed by atoms with van der Waals surface area (Å²) in [4.78, 5) is 87.8. The molecule has 3 aliphatic heterocycles. The Balaban J connectivity index is 0.000000212. The molecule has 0 spiro atoms. The van der Waals surface area contributed by atoms with Crippen LogP contribution in [-0.4, -0.2) is 141 Å². The lowest BCUT2D eigenvalue weighted by Crippen LogP contribution is -3.00. The zero-order valence-electron chi connectivity index (χ0n) is 68.5. The van der Waals surface area contributed by atoms with Crippen molar-refractivity contribution in [1.29, 1.82) is 0 Å². The number of unbranched alkanes of at least 4 members (excludes halogenated alkanes) is 8. The van der Waals surface area contributed by atoms with Crippen LogP contribution in [0.4, 0.5) is 22.7 Å². The molecule has 0 atom stereocenters. The molecule has 4 aromatic heterocycles. The van der Waals surface area contributed by atoms with Gasteiger partial charge in [-0.15, -0.1) is 0 Å². The first kappa shape index (κ1) is 97.2. The van der Waals surface area contributed by atoms with E-state index in [1.165, 1.54) is 14.7 Å². The predicted molar refractivity (Wildman–Crippen MR) is 489 cm³/mol. The summed E-state index contributed by atoms with van der Waals surface area (Å²) < 4.78 is 4.00. The van der Waals surface area contributed by atoms with E-state index in [1.807, 2.05) is 227 Å². The number of benzene rings is 7. The Kier molecular flexibility index (Phi) is 44.2. The van der Waals surface area contributed by atoms with E-state index in [0.717, 1.165) is 154 Å². The van der Waals surface area contributed by atoms with Crippen molar-refractivity contribution in [2.24, 2.45) is 40.2 Å². The van der Waals surface area contributed by atoms with Crippen LogP contribution in [0, 0.1) is 0 Å². The zero-order chi connectivity index (χ0) is 84.0.